The molecule has 0 amide bonds. The Hall–Kier alpha value is -1.12. The summed E-state index contributed by atoms with van der Waals surface area (Å²) in [5.74, 6) is 1.11. The van der Waals surface area contributed by atoms with Gasteiger partial charge in [-0.2, -0.15) is 0 Å². The van der Waals surface area contributed by atoms with Crippen molar-refractivity contribution in [3.8, 4) is 0 Å². The van der Waals surface area contributed by atoms with E-state index in [9.17, 15) is 4.79 Å². The minimum absolute atomic E-state index is 0.191. The topological polar surface area (TPSA) is 34.9 Å². The third-order valence-corrected chi connectivity index (χ3v) is 4.11. The number of ketones is 1. The molecule has 18 heavy (non-hydrogen) atoms. The van der Waals surface area contributed by atoms with Crippen LogP contribution in [-0.2, 0) is 6.54 Å². The third kappa shape index (κ3) is 2.82. The number of imidazole rings is 1. The first-order valence-electron chi connectivity index (χ1n) is 7.09. The highest BCUT2D eigenvalue weighted by molar-refractivity contribution is 5.94. The second kappa shape index (κ2) is 5.25. The van der Waals surface area contributed by atoms with Gasteiger partial charge in [0.25, 0.3) is 0 Å². The fourth-order valence-electron chi connectivity index (χ4n) is 2.80. The molecule has 0 aromatic carbocycles. The van der Waals surface area contributed by atoms with Crippen molar-refractivity contribution in [2.24, 2.45) is 11.3 Å². The number of aromatic nitrogens is 2. The molecule has 0 spiro atoms. The molecule has 0 aliphatic heterocycles. The molecule has 0 radical (unpaired) electrons. The minimum atomic E-state index is 0.191. The molecule has 1 aliphatic carbocycles. The van der Waals surface area contributed by atoms with E-state index >= 15 is 0 Å². The van der Waals surface area contributed by atoms with Crippen LogP contribution in [-0.4, -0.2) is 15.3 Å². The number of hydrogen-bond donors (Lipinski definition) is 0. The Kier molecular flexibility index (Phi) is 3.88. The predicted octanol–water partition coefficient (Wildman–Crippen LogP) is 3.69. The van der Waals surface area contributed by atoms with Crippen LogP contribution in [0.4, 0.5) is 0 Å². The van der Waals surface area contributed by atoms with Gasteiger partial charge in [0.1, 0.15) is 0 Å². The highest BCUT2D eigenvalue weighted by Crippen LogP contribution is 2.38. The van der Waals surface area contributed by atoms with Crippen molar-refractivity contribution in [1.29, 1.82) is 0 Å². The van der Waals surface area contributed by atoms with Crippen molar-refractivity contribution in [1.82, 2.24) is 9.55 Å². The Labute approximate surface area is 110 Å². The zero-order chi connectivity index (χ0) is 13.2. The van der Waals surface area contributed by atoms with Gasteiger partial charge in [0.15, 0.2) is 5.82 Å². The first kappa shape index (κ1) is 13.3. The molecule has 0 bridgehead atoms. The van der Waals surface area contributed by atoms with E-state index in [-0.39, 0.29) is 11.7 Å². The Bertz CT molecular complexity index is 410. The number of hydrogen-bond acceptors (Lipinski definition) is 2. The summed E-state index contributed by atoms with van der Waals surface area (Å²) in [5, 5.41) is 0. The van der Waals surface area contributed by atoms with Crippen LogP contribution in [0.15, 0.2) is 12.4 Å². The van der Waals surface area contributed by atoms with E-state index in [1.165, 1.54) is 0 Å². The van der Waals surface area contributed by atoms with Gasteiger partial charge in [-0.3, -0.25) is 4.79 Å². The fraction of sp³-hybridized carbons (Fsp3) is 0.733. The third-order valence-electron chi connectivity index (χ3n) is 4.11. The molecule has 3 nitrogen and oxygen atoms in total. The highest BCUT2D eigenvalue weighted by atomic mass is 16.1. The largest absolute Gasteiger partial charge is 0.329 e. The summed E-state index contributed by atoms with van der Waals surface area (Å²) in [7, 11) is 0. The first-order chi connectivity index (χ1) is 8.53. The Morgan fingerprint density at radius 1 is 1.44 bits per heavy atom. The van der Waals surface area contributed by atoms with Crippen LogP contribution in [0.25, 0.3) is 0 Å². The lowest BCUT2D eigenvalue weighted by Gasteiger charge is -2.33. The van der Waals surface area contributed by atoms with Gasteiger partial charge in [0.2, 0.25) is 5.78 Å². The maximum atomic E-state index is 12.5. The second-order valence-corrected chi connectivity index (χ2v) is 6.25. The van der Waals surface area contributed by atoms with E-state index in [0.717, 1.165) is 38.6 Å². The van der Waals surface area contributed by atoms with Gasteiger partial charge in [-0.25, -0.2) is 4.98 Å². The van der Waals surface area contributed by atoms with E-state index in [1.807, 2.05) is 10.8 Å². The zero-order valence-electron chi connectivity index (χ0n) is 11.8. The van der Waals surface area contributed by atoms with Crippen molar-refractivity contribution in [2.45, 2.75) is 59.4 Å². The summed E-state index contributed by atoms with van der Waals surface area (Å²) >= 11 is 0. The van der Waals surface area contributed by atoms with Crippen molar-refractivity contribution in [3.05, 3.63) is 18.2 Å². The molecule has 1 fully saturated rings. The van der Waals surface area contributed by atoms with Gasteiger partial charge >= 0.3 is 0 Å². The first-order valence-corrected chi connectivity index (χ1v) is 7.09. The number of nitrogens with zero attached hydrogens (tertiary/aromatic N) is 2. The van der Waals surface area contributed by atoms with E-state index in [2.05, 4.69) is 25.8 Å². The summed E-state index contributed by atoms with van der Waals surface area (Å²) in [5.41, 5.74) is 0.412. The average Bonchev–Trinajstić information content (AvgIpc) is 2.77. The van der Waals surface area contributed by atoms with Gasteiger partial charge < -0.3 is 4.57 Å². The number of carbonyl (C=O) groups excluding carboxylic acids is 1. The number of rotatable bonds is 4. The van der Waals surface area contributed by atoms with Crippen LogP contribution in [0, 0.1) is 11.3 Å². The lowest BCUT2D eigenvalue weighted by Crippen LogP contribution is -2.28. The van der Waals surface area contributed by atoms with E-state index in [0.29, 0.717) is 11.2 Å². The lowest BCUT2D eigenvalue weighted by atomic mass is 9.72. The smallest absolute Gasteiger partial charge is 0.201 e. The van der Waals surface area contributed by atoms with Gasteiger partial charge in [0.05, 0.1) is 0 Å². The van der Waals surface area contributed by atoms with E-state index < -0.39 is 0 Å². The average molecular weight is 248 g/mol. The molecule has 1 aromatic rings. The van der Waals surface area contributed by atoms with Crippen molar-refractivity contribution in [3.63, 3.8) is 0 Å². The molecule has 0 saturated heterocycles. The van der Waals surface area contributed by atoms with Crippen LogP contribution in [0.3, 0.4) is 0 Å². The van der Waals surface area contributed by atoms with Crippen LogP contribution < -0.4 is 0 Å². The lowest BCUT2D eigenvalue weighted by molar-refractivity contribution is 0.0822. The maximum absolute atomic E-state index is 12.5. The summed E-state index contributed by atoms with van der Waals surface area (Å²) in [6.07, 6.45) is 9.04. The van der Waals surface area contributed by atoms with Gasteiger partial charge in [-0.05, 0) is 37.5 Å². The number of Topliss-reactive ketones (excluding diaryl/α,β-unsaturated/α-hetero) is 1. The minimum Gasteiger partial charge on any atom is -0.329 e. The van der Waals surface area contributed by atoms with Gasteiger partial charge in [-0.15, -0.1) is 0 Å². The molecule has 0 unspecified atom stereocenters. The molecule has 2 rings (SSSR count). The van der Waals surface area contributed by atoms with E-state index in [4.69, 9.17) is 0 Å². The normalized spacial score (nSPS) is 19.9. The Morgan fingerprint density at radius 2 is 2.11 bits per heavy atom. The summed E-state index contributed by atoms with van der Waals surface area (Å²) < 4.78 is 2.00. The molecule has 3 heteroatoms. The van der Waals surface area contributed by atoms with Crippen molar-refractivity contribution in [2.75, 3.05) is 0 Å². The molecule has 1 aromatic heterocycles. The quantitative estimate of drug-likeness (QED) is 0.762. The molecular weight excluding hydrogens is 224 g/mol. The molecule has 0 atom stereocenters. The summed E-state index contributed by atoms with van der Waals surface area (Å²) in [6, 6.07) is 0. The number of carbonyl (C=O) groups is 1. The van der Waals surface area contributed by atoms with Crippen LogP contribution in [0.2, 0.25) is 0 Å². The predicted molar refractivity (Wildman–Crippen MR) is 72.6 cm³/mol. The van der Waals surface area contributed by atoms with Gasteiger partial charge in [0, 0.05) is 24.9 Å². The van der Waals surface area contributed by atoms with Crippen LogP contribution >= 0.6 is 0 Å². The molecule has 1 heterocycles. The zero-order valence-corrected chi connectivity index (χ0v) is 11.8. The van der Waals surface area contributed by atoms with E-state index in [1.54, 1.807) is 6.20 Å². The summed E-state index contributed by atoms with van der Waals surface area (Å²) in [4.78, 5) is 16.7. The molecule has 0 N–H and O–H groups in total. The van der Waals surface area contributed by atoms with Gasteiger partial charge in [-0.1, -0.05) is 20.8 Å². The van der Waals surface area contributed by atoms with Crippen molar-refractivity contribution < 1.29 is 4.79 Å². The van der Waals surface area contributed by atoms with Crippen molar-refractivity contribution >= 4 is 5.78 Å². The second-order valence-electron chi connectivity index (χ2n) is 6.25. The van der Waals surface area contributed by atoms with Crippen LogP contribution in [0.1, 0.15) is 63.5 Å². The highest BCUT2D eigenvalue weighted by Gasteiger charge is 2.32. The standard InChI is InChI=1S/C15H24N2O/c1-4-10-17-11-9-16-14(17)13(18)12-5-7-15(2,3)8-6-12/h9,11-12H,4-8,10H2,1-3H3. The Balaban J connectivity index is 2.05. The molecule has 1 saturated carbocycles. The fourth-order valence-corrected chi connectivity index (χ4v) is 2.80. The molecule has 100 valence electrons. The maximum Gasteiger partial charge on any atom is 0.201 e. The SMILES string of the molecule is CCCn1ccnc1C(=O)C1CCC(C)(C)CC1. The summed E-state index contributed by atoms with van der Waals surface area (Å²) in [6.45, 7) is 7.61. The Morgan fingerprint density at radius 3 is 2.72 bits per heavy atom. The molecular formula is C15H24N2O. The molecule has 1 aliphatic rings. The number of aryl methyl sites for hydroxylation is 1. The monoisotopic (exact) mass is 248 g/mol. The van der Waals surface area contributed by atoms with Crippen LogP contribution in [0.5, 0.6) is 0 Å².